The number of para-hydroxylation sites is 1. The first-order valence-corrected chi connectivity index (χ1v) is 8.81. The molecule has 1 aliphatic rings. The minimum absolute atomic E-state index is 0. The van der Waals surface area contributed by atoms with Gasteiger partial charge in [0.05, 0.1) is 0 Å². The Hall–Kier alpha value is -2.39. The molecule has 0 bridgehead atoms. The molecule has 0 saturated carbocycles. The third-order valence-corrected chi connectivity index (χ3v) is 4.57. The Labute approximate surface area is 181 Å². The van der Waals surface area contributed by atoms with E-state index in [1.54, 1.807) is 18.5 Å². The third kappa shape index (κ3) is 6.04. The van der Waals surface area contributed by atoms with E-state index in [-0.39, 0.29) is 36.2 Å². The van der Waals surface area contributed by atoms with Gasteiger partial charge in [-0.25, -0.2) is 9.97 Å². The Morgan fingerprint density at radius 3 is 2.41 bits per heavy atom. The van der Waals surface area contributed by atoms with Crippen LogP contribution >= 0.6 is 24.8 Å². The topological polar surface area (TPSA) is 106 Å². The highest BCUT2D eigenvalue weighted by Crippen LogP contribution is 2.18. The number of halogens is 2. The predicted octanol–water partition coefficient (Wildman–Crippen LogP) is 1.79. The van der Waals surface area contributed by atoms with Crippen molar-refractivity contribution in [2.75, 3.05) is 44.2 Å². The van der Waals surface area contributed by atoms with Crippen LogP contribution in [0.15, 0.2) is 53.2 Å². The van der Waals surface area contributed by atoms with Crippen LogP contribution in [0.25, 0.3) is 11.0 Å². The van der Waals surface area contributed by atoms with Gasteiger partial charge >= 0.3 is 0 Å². The molecule has 2 aromatic heterocycles. The minimum Gasteiger partial charge on any atom is -0.451 e. The summed E-state index contributed by atoms with van der Waals surface area (Å²) in [6.07, 6.45) is 3.53. The smallest absolute Gasteiger partial charge is 0.287 e. The monoisotopic (exact) mass is 441 g/mol. The number of furan rings is 1. The van der Waals surface area contributed by atoms with Crippen LogP contribution in [0.3, 0.4) is 0 Å². The van der Waals surface area contributed by atoms with Crippen molar-refractivity contribution in [1.82, 2.24) is 20.2 Å². The summed E-state index contributed by atoms with van der Waals surface area (Å²) in [5, 5.41) is 3.88. The summed E-state index contributed by atoms with van der Waals surface area (Å²) >= 11 is 0. The van der Waals surface area contributed by atoms with Crippen molar-refractivity contribution in [3.8, 4) is 0 Å². The molecule has 0 radical (unpaired) electrons. The first kappa shape index (κ1) is 24.6. The fourth-order valence-corrected chi connectivity index (χ4v) is 3.13. The summed E-state index contributed by atoms with van der Waals surface area (Å²) in [6, 6.07) is 11.2. The quantitative estimate of drug-likeness (QED) is 0.646. The molecule has 3 heterocycles. The standard InChI is InChI=1S/C19H21N5O2.2ClH.H2O/c25-18(17-14-15-4-1-2-5-16(15)26-17)20-8-9-23-10-12-24(13-11-23)19-21-6-3-7-22-19;;;/h1-7,14H,8-13H2,(H,20,25);2*1H;1H2. The summed E-state index contributed by atoms with van der Waals surface area (Å²) in [7, 11) is 0. The van der Waals surface area contributed by atoms with Crippen molar-refractivity contribution in [2.24, 2.45) is 0 Å². The Morgan fingerprint density at radius 1 is 1.03 bits per heavy atom. The van der Waals surface area contributed by atoms with E-state index in [4.69, 9.17) is 4.42 Å². The number of benzene rings is 1. The normalized spacial score (nSPS) is 13.7. The molecular formula is C19H25Cl2N5O3. The molecule has 10 heteroatoms. The van der Waals surface area contributed by atoms with E-state index in [2.05, 4.69) is 25.1 Å². The Bertz CT molecular complexity index is 853. The molecule has 0 aliphatic carbocycles. The van der Waals surface area contributed by atoms with Gasteiger partial charge in [0.25, 0.3) is 5.91 Å². The molecule has 1 aliphatic heterocycles. The van der Waals surface area contributed by atoms with E-state index in [0.717, 1.165) is 49.6 Å². The number of carbonyl (C=O) groups excluding carboxylic acids is 1. The van der Waals surface area contributed by atoms with Crippen LogP contribution in [0.5, 0.6) is 0 Å². The number of nitrogens with one attached hydrogen (secondary N) is 1. The summed E-state index contributed by atoms with van der Waals surface area (Å²) < 4.78 is 5.59. The lowest BCUT2D eigenvalue weighted by atomic mass is 10.2. The van der Waals surface area contributed by atoms with Crippen LogP contribution in [0.2, 0.25) is 0 Å². The van der Waals surface area contributed by atoms with E-state index < -0.39 is 0 Å². The van der Waals surface area contributed by atoms with E-state index in [1.165, 1.54) is 0 Å². The zero-order chi connectivity index (χ0) is 17.8. The van der Waals surface area contributed by atoms with E-state index in [0.29, 0.717) is 12.3 Å². The SMILES string of the molecule is Cl.Cl.O.O=C(NCCN1CCN(c2ncccn2)CC1)c1cc2ccccc2o1. The molecule has 29 heavy (non-hydrogen) atoms. The number of piperazine rings is 1. The number of rotatable bonds is 5. The van der Waals surface area contributed by atoms with Gasteiger partial charge in [-0.15, -0.1) is 24.8 Å². The Balaban J connectivity index is 0.00000140. The van der Waals surface area contributed by atoms with Gasteiger partial charge in [0.15, 0.2) is 5.76 Å². The Kier molecular flexibility index (Phi) is 9.84. The molecule has 3 N–H and O–H groups in total. The maximum absolute atomic E-state index is 12.2. The van der Waals surface area contributed by atoms with Crippen molar-refractivity contribution in [3.05, 3.63) is 54.6 Å². The van der Waals surface area contributed by atoms with Gasteiger partial charge in [0.1, 0.15) is 5.58 Å². The summed E-state index contributed by atoms with van der Waals surface area (Å²) in [4.78, 5) is 25.3. The second-order valence-corrected chi connectivity index (χ2v) is 6.28. The number of aromatic nitrogens is 2. The van der Waals surface area contributed by atoms with Crippen LogP contribution in [0.1, 0.15) is 10.6 Å². The molecule has 1 aromatic carbocycles. The van der Waals surface area contributed by atoms with Gasteiger partial charge in [-0.3, -0.25) is 9.69 Å². The van der Waals surface area contributed by atoms with E-state index in [9.17, 15) is 4.79 Å². The molecule has 3 aromatic rings. The lowest BCUT2D eigenvalue weighted by Crippen LogP contribution is -2.49. The van der Waals surface area contributed by atoms with Crippen molar-refractivity contribution in [2.45, 2.75) is 0 Å². The molecular weight excluding hydrogens is 417 g/mol. The predicted molar refractivity (Wildman–Crippen MR) is 117 cm³/mol. The fourth-order valence-electron chi connectivity index (χ4n) is 3.13. The number of amides is 1. The molecule has 0 spiro atoms. The van der Waals surface area contributed by atoms with Crippen LogP contribution in [-0.2, 0) is 0 Å². The molecule has 1 amide bonds. The van der Waals surface area contributed by atoms with Crippen molar-refractivity contribution >= 4 is 47.6 Å². The van der Waals surface area contributed by atoms with Gasteiger partial charge in [-0.05, 0) is 18.2 Å². The number of nitrogens with zero attached hydrogens (tertiary/aromatic N) is 4. The van der Waals surface area contributed by atoms with Crippen LogP contribution in [0.4, 0.5) is 5.95 Å². The number of carbonyl (C=O) groups is 1. The minimum atomic E-state index is -0.169. The molecule has 8 nitrogen and oxygen atoms in total. The molecule has 4 rings (SSSR count). The lowest BCUT2D eigenvalue weighted by molar-refractivity contribution is 0.0922. The number of fused-ring (bicyclic) bond motifs is 1. The van der Waals surface area contributed by atoms with Gasteiger partial charge in [-0.1, -0.05) is 18.2 Å². The van der Waals surface area contributed by atoms with Gasteiger partial charge in [0, 0.05) is 57.0 Å². The first-order chi connectivity index (χ1) is 12.8. The summed E-state index contributed by atoms with van der Waals surface area (Å²) in [5.74, 6) is 0.972. The highest BCUT2D eigenvalue weighted by Gasteiger charge is 2.19. The van der Waals surface area contributed by atoms with Crippen molar-refractivity contribution < 1.29 is 14.7 Å². The average molecular weight is 442 g/mol. The zero-order valence-corrected chi connectivity index (χ0v) is 17.4. The second-order valence-electron chi connectivity index (χ2n) is 6.28. The number of hydrogen-bond donors (Lipinski definition) is 1. The van der Waals surface area contributed by atoms with Crippen LogP contribution in [0, 0.1) is 0 Å². The van der Waals surface area contributed by atoms with E-state index in [1.807, 2.05) is 30.3 Å². The maximum atomic E-state index is 12.2. The largest absolute Gasteiger partial charge is 0.451 e. The maximum Gasteiger partial charge on any atom is 0.287 e. The average Bonchev–Trinajstić information content (AvgIpc) is 3.13. The molecule has 1 fully saturated rings. The Morgan fingerprint density at radius 2 is 1.72 bits per heavy atom. The van der Waals surface area contributed by atoms with Gasteiger partial charge in [0.2, 0.25) is 5.95 Å². The first-order valence-electron chi connectivity index (χ1n) is 8.81. The van der Waals surface area contributed by atoms with Crippen molar-refractivity contribution in [3.63, 3.8) is 0 Å². The van der Waals surface area contributed by atoms with Crippen LogP contribution < -0.4 is 10.2 Å². The molecule has 0 unspecified atom stereocenters. The molecule has 0 atom stereocenters. The fraction of sp³-hybridized carbons (Fsp3) is 0.316. The third-order valence-electron chi connectivity index (χ3n) is 4.57. The highest BCUT2D eigenvalue weighted by atomic mass is 35.5. The summed E-state index contributed by atoms with van der Waals surface area (Å²) in [6.45, 7) is 5.05. The highest BCUT2D eigenvalue weighted by molar-refractivity contribution is 5.96. The van der Waals surface area contributed by atoms with Crippen molar-refractivity contribution in [1.29, 1.82) is 0 Å². The van der Waals surface area contributed by atoms with E-state index >= 15 is 0 Å². The summed E-state index contributed by atoms with van der Waals surface area (Å²) in [5.41, 5.74) is 0.733. The van der Waals surface area contributed by atoms with Gasteiger partial charge in [-0.2, -0.15) is 0 Å². The molecule has 1 saturated heterocycles. The number of hydrogen-bond acceptors (Lipinski definition) is 6. The number of anilines is 1. The van der Waals surface area contributed by atoms with Crippen LogP contribution in [-0.4, -0.2) is 65.5 Å². The molecule has 158 valence electrons. The van der Waals surface area contributed by atoms with Gasteiger partial charge < -0.3 is 20.1 Å². The lowest BCUT2D eigenvalue weighted by Gasteiger charge is -2.34. The zero-order valence-electron chi connectivity index (χ0n) is 15.8. The second kappa shape index (κ2) is 11.6.